The van der Waals surface area contributed by atoms with Crippen LogP contribution in [0, 0.1) is 5.92 Å². The number of nitrogens with two attached hydrogens (primary N) is 1. The van der Waals surface area contributed by atoms with Crippen molar-refractivity contribution in [3.8, 4) is 0 Å². The normalized spacial score (nSPS) is 11.4. The molecule has 3 N–H and O–H groups in total. The van der Waals surface area contributed by atoms with E-state index >= 15 is 0 Å². The number of nitrogens with one attached hydrogen (secondary N) is 1. The number of fused-ring (bicyclic) bond motifs is 1. The highest BCUT2D eigenvalue weighted by Gasteiger charge is 2.30. The minimum Gasteiger partial charge on any atom is -0.450 e. The molecule has 2 heterocycles. The van der Waals surface area contributed by atoms with E-state index in [1.807, 2.05) is 39.0 Å². The van der Waals surface area contributed by atoms with Crippen LogP contribution in [0.1, 0.15) is 49.7 Å². The topological polar surface area (TPSA) is 124 Å². The molecule has 0 radical (unpaired) electrons. The predicted molar refractivity (Wildman–Crippen MR) is 124 cm³/mol. The van der Waals surface area contributed by atoms with Crippen molar-refractivity contribution in [2.75, 3.05) is 24.3 Å². The molecule has 0 aliphatic carbocycles. The summed E-state index contributed by atoms with van der Waals surface area (Å²) in [5, 5.41) is 0.761. The molecule has 0 spiro atoms. The zero-order valence-corrected chi connectivity index (χ0v) is 18.9. The molecule has 1 aromatic carbocycles. The number of aromatic nitrogens is 2. The molecule has 172 valence electrons. The maximum absolute atomic E-state index is 13.7. The summed E-state index contributed by atoms with van der Waals surface area (Å²) in [7, 11) is 1.54. The molecule has 3 aromatic rings. The van der Waals surface area contributed by atoms with Crippen LogP contribution in [0.3, 0.4) is 0 Å². The lowest BCUT2D eigenvalue weighted by Crippen LogP contribution is -2.42. The standard InChI is InChI=1S/C23H30N4O5/c1-5-6-11-26-20(24)18(21(28)25-23(26)30)27(12-14(2)3)22(29)19-16(13-31-4)15-9-7-8-10-17(15)32-19/h7-10,14H,5-6,11-13,24H2,1-4H3,(H,25,28,30). The molecule has 2 aromatic heterocycles. The summed E-state index contributed by atoms with van der Waals surface area (Å²) >= 11 is 0. The smallest absolute Gasteiger partial charge is 0.330 e. The van der Waals surface area contributed by atoms with E-state index in [0.29, 0.717) is 24.1 Å². The number of hydrogen-bond donors (Lipinski definition) is 2. The van der Waals surface area contributed by atoms with Gasteiger partial charge in [0.25, 0.3) is 11.5 Å². The van der Waals surface area contributed by atoms with Crippen LogP contribution in [0.2, 0.25) is 0 Å². The van der Waals surface area contributed by atoms with Crippen molar-refractivity contribution in [3.05, 3.63) is 56.4 Å². The fourth-order valence-electron chi connectivity index (χ4n) is 3.70. The third kappa shape index (κ3) is 4.47. The largest absolute Gasteiger partial charge is 0.450 e. The number of para-hydroxylation sites is 1. The number of H-pyrrole nitrogens is 1. The van der Waals surface area contributed by atoms with E-state index in [4.69, 9.17) is 14.9 Å². The molecular weight excluding hydrogens is 412 g/mol. The Bertz CT molecular complexity index is 1220. The molecule has 0 aliphatic rings. The summed E-state index contributed by atoms with van der Waals surface area (Å²) in [4.78, 5) is 42.5. The first-order valence-corrected chi connectivity index (χ1v) is 10.7. The van der Waals surface area contributed by atoms with Crippen LogP contribution in [0.4, 0.5) is 11.5 Å². The Hall–Kier alpha value is -3.33. The molecule has 9 nitrogen and oxygen atoms in total. The predicted octanol–water partition coefficient (Wildman–Crippen LogP) is 3.11. The highest BCUT2D eigenvalue weighted by molar-refractivity contribution is 6.09. The number of benzene rings is 1. The number of nitrogen functional groups attached to an aromatic ring is 1. The van der Waals surface area contributed by atoms with Crippen LogP contribution in [-0.4, -0.2) is 29.1 Å². The first-order valence-electron chi connectivity index (χ1n) is 10.7. The fourth-order valence-corrected chi connectivity index (χ4v) is 3.70. The Morgan fingerprint density at radius 1 is 1.28 bits per heavy atom. The third-order valence-electron chi connectivity index (χ3n) is 5.19. The van der Waals surface area contributed by atoms with E-state index in [1.165, 1.54) is 16.6 Å². The Labute approximate surface area is 185 Å². The van der Waals surface area contributed by atoms with Gasteiger partial charge in [-0.3, -0.25) is 24.0 Å². The number of hydrogen-bond acceptors (Lipinski definition) is 6. The third-order valence-corrected chi connectivity index (χ3v) is 5.19. The number of carbonyl (C=O) groups excluding carboxylic acids is 1. The lowest BCUT2D eigenvalue weighted by Gasteiger charge is -2.25. The number of aromatic amines is 1. The van der Waals surface area contributed by atoms with Crippen molar-refractivity contribution in [2.24, 2.45) is 5.92 Å². The molecule has 0 bridgehead atoms. The van der Waals surface area contributed by atoms with E-state index in [1.54, 1.807) is 6.07 Å². The van der Waals surface area contributed by atoms with Crippen molar-refractivity contribution >= 4 is 28.4 Å². The molecule has 0 aliphatic heterocycles. The second kappa shape index (κ2) is 9.86. The van der Waals surface area contributed by atoms with Crippen LogP contribution >= 0.6 is 0 Å². The van der Waals surface area contributed by atoms with Crippen LogP contribution in [0.25, 0.3) is 11.0 Å². The van der Waals surface area contributed by atoms with E-state index in [9.17, 15) is 14.4 Å². The van der Waals surface area contributed by atoms with Gasteiger partial charge in [-0.2, -0.15) is 0 Å². The Kier molecular flexibility index (Phi) is 7.19. The van der Waals surface area contributed by atoms with Gasteiger partial charge < -0.3 is 14.9 Å². The van der Waals surface area contributed by atoms with Gasteiger partial charge in [-0.15, -0.1) is 0 Å². The van der Waals surface area contributed by atoms with Crippen LogP contribution < -0.4 is 21.9 Å². The van der Waals surface area contributed by atoms with Gasteiger partial charge in [0.05, 0.1) is 6.61 Å². The SMILES string of the molecule is CCCCn1c(N)c(N(CC(C)C)C(=O)c2oc3ccccc3c2COC)c(=O)[nH]c1=O. The van der Waals surface area contributed by atoms with Crippen LogP contribution in [-0.2, 0) is 17.9 Å². The maximum atomic E-state index is 13.7. The molecule has 0 unspecified atom stereocenters. The first-order chi connectivity index (χ1) is 15.3. The minimum atomic E-state index is -0.710. The molecule has 9 heteroatoms. The molecule has 0 fully saturated rings. The number of anilines is 2. The number of carbonyl (C=O) groups is 1. The molecular formula is C23H30N4O5. The van der Waals surface area contributed by atoms with Crippen LogP contribution in [0.5, 0.6) is 0 Å². The number of furan rings is 1. The Morgan fingerprint density at radius 3 is 2.66 bits per heavy atom. The Morgan fingerprint density at radius 2 is 2.00 bits per heavy atom. The van der Waals surface area contributed by atoms with Gasteiger partial charge >= 0.3 is 5.69 Å². The molecule has 1 amide bonds. The summed E-state index contributed by atoms with van der Waals surface area (Å²) in [5.41, 5.74) is 6.07. The fraction of sp³-hybridized carbons (Fsp3) is 0.435. The molecule has 0 saturated heterocycles. The van der Waals surface area contributed by atoms with Gasteiger partial charge in [-0.05, 0) is 18.4 Å². The second-order valence-corrected chi connectivity index (χ2v) is 8.15. The number of methoxy groups -OCH3 is 1. The average Bonchev–Trinajstić information content (AvgIpc) is 3.11. The second-order valence-electron chi connectivity index (χ2n) is 8.15. The van der Waals surface area contributed by atoms with Gasteiger partial charge in [0.15, 0.2) is 11.4 Å². The van der Waals surface area contributed by atoms with E-state index in [0.717, 1.165) is 11.8 Å². The zero-order chi connectivity index (χ0) is 23.4. The number of ether oxygens (including phenoxy) is 1. The monoisotopic (exact) mass is 442 g/mol. The number of rotatable bonds is 9. The summed E-state index contributed by atoms with van der Waals surface area (Å²) in [6.07, 6.45) is 1.55. The van der Waals surface area contributed by atoms with Crippen molar-refractivity contribution < 1.29 is 13.9 Å². The van der Waals surface area contributed by atoms with Crippen molar-refractivity contribution in [2.45, 2.75) is 46.8 Å². The number of amides is 1. The summed E-state index contributed by atoms with van der Waals surface area (Å²) in [6, 6.07) is 7.28. The van der Waals surface area contributed by atoms with Gasteiger partial charge in [0.1, 0.15) is 11.4 Å². The van der Waals surface area contributed by atoms with Crippen molar-refractivity contribution in [1.29, 1.82) is 0 Å². The summed E-state index contributed by atoms with van der Waals surface area (Å²) in [5.74, 6) is -0.451. The van der Waals surface area contributed by atoms with Gasteiger partial charge in [0, 0.05) is 31.1 Å². The summed E-state index contributed by atoms with van der Waals surface area (Å²) in [6.45, 7) is 6.55. The van der Waals surface area contributed by atoms with Crippen LogP contribution in [0.15, 0.2) is 38.3 Å². The maximum Gasteiger partial charge on any atom is 0.330 e. The Balaban J connectivity index is 2.20. The highest BCUT2D eigenvalue weighted by Crippen LogP contribution is 2.30. The summed E-state index contributed by atoms with van der Waals surface area (Å²) < 4.78 is 12.5. The average molecular weight is 443 g/mol. The lowest BCUT2D eigenvalue weighted by molar-refractivity contribution is 0.0952. The van der Waals surface area contributed by atoms with Crippen molar-refractivity contribution in [1.82, 2.24) is 9.55 Å². The number of unbranched alkanes of at least 4 members (excludes halogenated alkanes) is 1. The lowest BCUT2D eigenvalue weighted by atomic mass is 10.1. The van der Waals surface area contributed by atoms with Crippen molar-refractivity contribution in [3.63, 3.8) is 0 Å². The quantitative estimate of drug-likeness (QED) is 0.525. The molecule has 3 rings (SSSR count). The van der Waals surface area contributed by atoms with E-state index in [-0.39, 0.29) is 36.3 Å². The van der Waals surface area contributed by atoms with Gasteiger partial charge in [0.2, 0.25) is 0 Å². The van der Waals surface area contributed by atoms with Gasteiger partial charge in [-0.25, -0.2) is 4.79 Å². The van der Waals surface area contributed by atoms with Gasteiger partial charge in [-0.1, -0.05) is 45.4 Å². The molecule has 0 atom stereocenters. The molecule has 0 saturated carbocycles. The van der Waals surface area contributed by atoms with E-state index in [2.05, 4.69) is 4.98 Å². The van der Waals surface area contributed by atoms with E-state index < -0.39 is 17.2 Å². The molecule has 32 heavy (non-hydrogen) atoms. The minimum absolute atomic E-state index is 0.0176. The highest BCUT2D eigenvalue weighted by atomic mass is 16.5. The number of nitrogens with zero attached hydrogens (tertiary/aromatic N) is 2. The zero-order valence-electron chi connectivity index (χ0n) is 18.9. The first kappa shape index (κ1) is 23.3.